The minimum Gasteiger partial charge on any atom is -0.404 e. The zero-order valence-corrected chi connectivity index (χ0v) is 22.1. The van der Waals surface area contributed by atoms with Crippen molar-refractivity contribution in [2.75, 3.05) is 0 Å². The van der Waals surface area contributed by atoms with Crippen LogP contribution in [-0.2, 0) is 20.5 Å². The van der Waals surface area contributed by atoms with Gasteiger partial charge in [-0.3, -0.25) is 4.79 Å². The molecule has 35 heavy (non-hydrogen) atoms. The predicted octanol–water partition coefficient (Wildman–Crippen LogP) is 5.14. The van der Waals surface area contributed by atoms with Crippen LogP contribution in [-0.4, -0.2) is 37.2 Å². The highest BCUT2D eigenvalue weighted by Gasteiger charge is 2.49. The molecule has 1 saturated heterocycles. The van der Waals surface area contributed by atoms with E-state index in [1.54, 1.807) is 0 Å². The minimum atomic E-state index is -0.633. The smallest absolute Gasteiger partial charge is 0.404 e. The molecule has 6 heteroatoms. The molecular formula is C29H43BN2O3. The first-order valence-corrected chi connectivity index (χ1v) is 13.6. The highest BCUT2D eigenvalue weighted by atomic mass is 16.7. The molecule has 5 nitrogen and oxygen atoms in total. The lowest BCUT2D eigenvalue weighted by atomic mass is 9.73. The van der Waals surface area contributed by atoms with Crippen molar-refractivity contribution in [2.45, 2.75) is 90.9 Å². The van der Waals surface area contributed by atoms with E-state index in [1.165, 1.54) is 6.42 Å². The van der Waals surface area contributed by atoms with Crippen molar-refractivity contribution in [1.29, 1.82) is 0 Å². The van der Waals surface area contributed by atoms with E-state index in [-0.39, 0.29) is 24.1 Å². The van der Waals surface area contributed by atoms with Gasteiger partial charge in [0, 0.05) is 0 Å². The number of hydrogen-bond donors (Lipinski definition) is 2. The van der Waals surface area contributed by atoms with Crippen molar-refractivity contribution in [3.8, 4) is 0 Å². The molecule has 2 aliphatic rings. The summed E-state index contributed by atoms with van der Waals surface area (Å²) in [6, 6.07) is 13.8. The topological polar surface area (TPSA) is 73.6 Å². The third-order valence-electron chi connectivity index (χ3n) is 8.17. The van der Waals surface area contributed by atoms with Gasteiger partial charge in [-0.1, -0.05) is 83.5 Å². The molecule has 1 amide bonds. The van der Waals surface area contributed by atoms with Crippen molar-refractivity contribution in [3.63, 3.8) is 0 Å². The first-order valence-electron chi connectivity index (χ1n) is 13.6. The van der Waals surface area contributed by atoms with Gasteiger partial charge in [-0.15, -0.1) is 0 Å². The molecule has 2 fully saturated rings. The summed E-state index contributed by atoms with van der Waals surface area (Å²) in [5, 5.41) is 5.53. The summed E-state index contributed by atoms with van der Waals surface area (Å²) in [6.45, 7) is 11.3. The monoisotopic (exact) mass is 478 g/mol. The maximum atomic E-state index is 13.3. The van der Waals surface area contributed by atoms with E-state index in [2.05, 4.69) is 64.2 Å². The molecule has 0 spiro atoms. The van der Waals surface area contributed by atoms with Crippen LogP contribution in [0.3, 0.4) is 0 Å². The molecule has 2 aromatic carbocycles. The highest BCUT2D eigenvalue weighted by molar-refractivity contribution is 6.47. The Morgan fingerprint density at radius 2 is 1.83 bits per heavy atom. The number of carbonyl (C=O) groups is 1. The van der Waals surface area contributed by atoms with Crippen LogP contribution in [0.4, 0.5) is 0 Å². The van der Waals surface area contributed by atoms with Crippen molar-refractivity contribution < 1.29 is 14.1 Å². The Morgan fingerprint density at radius 1 is 1.09 bits per heavy atom. The standard InChI is InChI=1S/C29H43BN2O3/c1-6-21-17-26-28(20(5)15-19(21)4)35-30(34-26)27(14-18(2)3)32-29(33)25(31)16-23-12-9-11-22-10-7-8-13-24(22)23/h7-13,18-21,25-28H,6,14-17,31H2,1-5H3,(H,32,33)/t19-,20+,21?,25-,26?,27-,28?/m0/s1. The number of nitrogens with two attached hydrogens (primary N) is 1. The summed E-state index contributed by atoms with van der Waals surface area (Å²) in [5.74, 6) is 1.83. The van der Waals surface area contributed by atoms with Crippen LogP contribution >= 0.6 is 0 Å². The van der Waals surface area contributed by atoms with E-state index in [4.69, 9.17) is 15.0 Å². The molecule has 3 unspecified atom stereocenters. The number of fused-ring (bicyclic) bond motifs is 2. The van der Waals surface area contributed by atoms with Crippen molar-refractivity contribution in [3.05, 3.63) is 48.0 Å². The lowest BCUT2D eigenvalue weighted by molar-refractivity contribution is -0.122. The van der Waals surface area contributed by atoms with E-state index in [9.17, 15) is 4.79 Å². The molecule has 1 saturated carbocycles. The van der Waals surface area contributed by atoms with Crippen LogP contribution in [0.5, 0.6) is 0 Å². The first-order chi connectivity index (χ1) is 16.8. The van der Waals surface area contributed by atoms with E-state index in [0.29, 0.717) is 30.1 Å². The molecule has 1 aliphatic heterocycles. The molecule has 3 N–H and O–H groups in total. The predicted molar refractivity (Wildman–Crippen MR) is 144 cm³/mol. The van der Waals surface area contributed by atoms with Gasteiger partial charge in [0.1, 0.15) is 0 Å². The fraction of sp³-hybridized carbons (Fsp3) is 0.621. The number of benzene rings is 2. The summed E-state index contributed by atoms with van der Waals surface area (Å²) >= 11 is 0. The van der Waals surface area contributed by atoms with E-state index in [0.717, 1.165) is 35.6 Å². The molecule has 190 valence electrons. The second kappa shape index (κ2) is 11.4. The van der Waals surface area contributed by atoms with Gasteiger partial charge in [0.25, 0.3) is 0 Å². The van der Waals surface area contributed by atoms with Crippen LogP contribution < -0.4 is 11.1 Å². The lowest BCUT2D eigenvalue weighted by Crippen LogP contribution is -2.53. The largest absolute Gasteiger partial charge is 0.481 e. The average Bonchev–Trinajstić information content (AvgIpc) is 3.21. The Morgan fingerprint density at radius 3 is 2.57 bits per heavy atom. The molecule has 7 atom stereocenters. The second-order valence-corrected chi connectivity index (χ2v) is 11.4. The lowest BCUT2D eigenvalue weighted by Gasteiger charge is -2.26. The van der Waals surface area contributed by atoms with Crippen molar-refractivity contribution in [2.24, 2.45) is 29.4 Å². The Bertz CT molecular complexity index is 994. The molecule has 0 bridgehead atoms. The molecule has 0 aromatic heterocycles. The molecule has 0 radical (unpaired) electrons. The third kappa shape index (κ3) is 6.10. The third-order valence-corrected chi connectivity index (χ3v) is 8.17. The SMILES string of the molecule is CCC1CC2OB([C@H](CC(C)C)NC(=O)[C@@H](N)Cc3cccc4ccccc34)OC2[C@H](C)C[C@@H]1C. The van der Waals surface area contributed by atoms with Crippen LogP contribution in [0.1, 0.15) is 65.9 Å². The number of rotatable bonds is 8. The first kappa shape index (κ1) is 26.2. The van der Waals surface area contributed by atoms with Crippen LogP contribution in [0.25, 0.3) is 10.8 Å². The number of hydrogen-bond acceptors (Lipinski definition) is 4. The van der Waals surface area contributed by atoms with Gasteiger partial charge in [0.2, 0.25) is 5.91 Å². The summed E-state index contributed by atoms with van der Waals surface area (Å²) < 4.78 is 13.1. The highest BCUT2D eigenvalue weighted by Crippen LogP contribution is 2.40. The van der Waals surface area contributed by atoms with Gasteiger partial charge >= 0.3 is 7.12 Å². The quantitative estimate of drug-likeness (QED) is 0.515. The zero-order valence-electron chi connectivity index (χ0n) is 22.1. The summed E-state index contributed by atoms with van der Waals surface area (Å²) in [6.07, 6.45) is 4.83. The van der Waals surface area contributed by atoms with E-state index < -0.39 is 13.2 Å². The molecule has 2 aromatic rings. The number of amides is 1. The minimum absolute atomic E-state index is 0.0925. The number of nitrogens with one attached hydrogen (secondary N) is 1. The Kier molecular flexibility index (Phi) is 8.56. The second-order valence-electron chi connectivity index (χ2n) is 11.4. The van der Waals surface area contributed by atoms with Gasteiger partial charge in [-0.05, 0) is 65.7 Å². The van der Waals surface area contributed by atoms with E-state index in [1.807, 2.05) is 18.2 Å². The van der Waals surface area contributed by atoms with E-state index >= 15 is 0 Å². The summed E-state index contributed by atoms with van der Waals surface area (Å²) in [5.41, 5.74) is 7.53. The number of carbonyl (C=O) groups excluding carboxylic acids is 1. The van der Waals surface area contributed by atoms with Crippen molar-refractivity contribution in [1.82, 2.24) is 5.32 Å². The van der Waals surface area contributed by atoms with Crippen molar-refractivity contribution >= 4 is 23.8 Å². The molecular weight excluding hydrogens is 435 g/mol. The van der Waals surface area contributed by atoms with Gasteiger partial charge in [-0.2, -0.15) is 0 Å². The molecule has 1 aliphatic carbocycles. The van der Waals surface area contributed by atoms with Gasteiger partial charge < -0.3 is 20.4 Å². The Labute approximate surface area is 211 Å². The summed E-state index contributed by atoms with van der Waals surface area (Å²) in [4.78, 5) is 13.3. The zero-order chi connectivity index (χ0) is 25.1. The molecule has 4 rings (SSSR count). The average molecular weight is 478 g/mol. The fourth-order valence-electron chi connectivity index (χ4n) is 6.25. The van der Waals surface area contributed by atoms with Gasteiger partial charge in [-0.25, -0.2) is 0 Å². The molecule has 1 heterocycles. The maximum Gasteiger partial charge on any atom is 0.481 e. The Hall–Kier alpha value is -1.89. The summed E-state index contributed by atoms with van der Waals surface area (Å²) in [7, 11) is -0.422. The van der Waals surface area contributed by atoms with Crippen LogP contribution in [0.2, 0.25) is 0 Å². The van der Waals surface area contributed by atoms with Gasteiger partial charge in [0.05, 0.1) is 24.2 Å². The van der Waals surface area contributed by atoms with Gasteiger partial charge in [0.15, 0.2) is 0 Å². The van der Waals surface area contributed by atoms with Crippen LogP contribution in [0.15, 0.2) is 42.5 Å². The fourth-order valence-corrected chi connectivity index (χ4v) is 6.25. The van der Waals surface area contributed by atoms with Crippen LogP contribution in [0, 0.1) is 23.7 Å². The maximum absolute atomic E-state index is 13.3. The normalized spacial score (nSPS) is 28.5. The Balaban J connectivity index is 1.44.